The van der Waals surface area contributed by atoms with Gasteiger partial charge in [0.25, 0.3) is 5.91 Å². The van der Waals surface area contributed by atoms with Gasteiger partial charge < -0.3 is 9.80 Å². The van der Waals surface area contributed by atoms with Crippen molar-refractivity contribution >= 4 is 27.3 Å². The molecule has 28 heavy (non-hydrogen) atoms. The number of anilines is 2. The Morgan fingerprint density at radius 3 is 2.50 bits per heavy atom. The van der Waals surface area contributed by atoms with Crippen molar-refractivity contribution in [2.24, 2.45) is 0 Å². The molecule has 0 spiro atoms. The van der Waals surface area contributed by atoms with Crippen LogP contribution in [-0.4, -0.2) is 45.6 Å². The van der Waals surface area contributed by atoms with Crippen molar-refractivity contribution in [1.29, 1.82) is 0 Å². The fourth-order valence-corrected chi connectivity index (χ4v) is 4.12. The van der Waals surface area contributed by atoms with Crippen molar-refractivity contribution in [3.8, 4) is 0 Å². The van der Waals surface area contributed by atoms with Crippen LogP contribution in [0.1, 0.15) is 35.2 Å². The minimum Gasteiger partial charge on any atom is -0.371 e. The van der Waals surface area contributed by atoms with E-state index in [0.717, 1.165) is 24.9 Å². The zero-order valence-corrected chi connectivity index (χ0v) is 17.2. The molecule has 6 nitrogen and oxygen atoms in total. The molecule has 0 aromatic heterocycles. The molecule has 1 aliphatic heterocycles. The number of hydrogen-bond acceptors (Lipinski definition) is 4. The van der Waals surface area contributed by atoms with E-state index < -0.39 is 10.0 Å². The zero-order chi connectivity index (χ0) is 20.1. The Morgan fingerprint density at radius 2 is 1.79 bits per heavy atom. The number of para-hydroxylation sites is 1. The number of rotatable bonds is 6. The second-order valence-electron chi connectivity index (χ2n) is 7.29. The fraction of sp³-hybridized carbons (Fsp3) is 0.381. The van der Waals surface area contributed by atoms with Crippen LogP contribution in [0, 0.1) is 0 Å². The first-order valence-corrected chi connectivity index (χ1v) is 11.4. The average Bonchev–Trinajstić information content (AvgIpc) is 2.67. The van der Waals surface area contributed by atoms with E-state index in [-0.39, 0.29) is 5.91 Å². The first-order valence-electron chi connectivity index (χ1n) is 9.50. The van der Waals surface area contributed by atoms with Gasteiger partial charge in [-0.05, 0) is 49.1 Å². The predicted octanol–water partition coefficient (Wildman–Crippen LogP) is 3.32. The third-order valence-corrected chi connectivity index (χ3v) is 5.46. The van der Waals surface area contributed by atoms with E-state index >= 15 is 0 Å². The number of nitrogens with one attached hydrogen (secondary N) is 1. The Hall–Kier alpha value is -2.54. The standard InChI is InChI=1S/C21H27N3O3S/c1-23(21(25)17-10-8-11-19(15-17)22-28(2,26)27)16-18-9-4-5-12-20(18)24-13-6-3-7-14-24/h4-5,8-12,15,22H,3,6-7,13-14,16H2,1-2H3. The smallest absolute Gasteiger partial charge is 0.253 e. The average molecular weight is 402 g/mol. The summed E-state index contributed by atoms with van der Waals surface area (Å²) in [6.07, 6.45) is 4.76. The summed E-state index contributed by atoms with van der Waals surface area (Å²) in [5.74, 6) is -0.148. The van der Waals surface area contributed by atoms with Gasteiger partial charge in [-0.2, -0.15) is 0 Å². The maximum absolute atomic E-state index is 12.9. The van der Waals surface area contributed by atoms with Gasteiger partial charge in [-0.15, -0.1) is 0 Å². The van der Waals surface area contributed by atoms with E-state index in [0.29, 0.717) is 17.8 Å². The molecule has 1 N–H and O–H groups in total. The first kappa shape index (κ1) is 20.2. The molecular weight excluding hydrogens is 374 g/mol. The summed E-state index contributed by atoms with van der Waals surface area (Å²) >= 11 is 0. The first-order chi connectivity index (χ1) is 13.3. The molecule has 1 heterocycles. The van der Waals surface area contributed by atoms with E-state index in [2.05, 4.69) is 21.8 Å². The van der Waals surface area contributed by atoms with Crippen molar-refractivity contribution < 1.29 is 13.2 Å². The molecule has 0 atom stereocenters. The summed E-state index contributed by atoms with van der Waals surface area (Å²) in [7, 11) is -1.62. The van der Waals surface area contributed by atoms with Gasteiger partial charge in [-0.1, -0.05) is 24.3 Å². The highest BCUT2D eigenvalue weighted by Crippen LogP contribution is 2.25. The molecule has 7 heteroatoms. The van der Waals surface area contributed by atoms with Crippen LogP contribution in [0.3, 0.4) is 0 Å². The largest absolute Gasteiger partial charge is 0.371 e. The second kappa shape index (κ2) is 8.65. The van der Waals surface area contributed by atoms with Gasteiger partial charge >= 0.3 is 0 Å². The van der Waals surface area contributed by atoms with E-state index in [4.69, 9.17) is 0 Å². The molecule has 2 aromatic rings. The Kier molecular flexibility index (Phi) is 6.24. The van der Waals surface area contributed by atoms with Gasteiger partial charge in [0.1, 0.15) is 0 Å². The van der Waals surface area contributed by atoms with Crippen LogP contribution in [0.2, 0.25) is 0 Å². The number of amides is 1. The van der Waals surface area contributed by atoms with Gasteiger partial charge in [-0.3, -0.25) is 9.52 Å². The van der Waals surface area contributed by atoms with Crippen LogP contribution < -0.4 is 9.62 Å². The topological polar surface area (TPSA) is 69.7 Å². The third kappa shape index (κ3) is 5.25. The summed E-state index contributed by atoms with van der Waals surface area (Å²) in [5.41, 5.74) is 3.14. The molecule has 1 amide bonds. The summed E-state index contributed by atoms with van der Waals surface area (Å²) in [6.45, 7) is 2.59. The van der Waals surface area contributed by atoms with Gasteiger partial charge in [0.15, 0.2) is 0 Å². The predicted molar refractivity (Wildman–Crippen MR) is 113 cm³/mol. The molecule has 3 rings (SSSR count). The molecule has 1 saturated heterocycles. The van der Waals surface area contributed by atoms with Crippen molar-refractivity contribution in [2.75, 3.05) is 36.0 Å². The zero-order valence-electron chi connectivity index (χ0n) is 16.4. The van der Waals surface area contributed by atoms with Crippen molar-refractivity contribution in [3.05, 3.63) is 59.7 Å². The highest BCUT2D eigenvalue weighted by Gasteiger charge is 2.18. The Labute approximate surface area is 167 Å². The number of hydrogen-bond donors (Lipinski definition) is 1. The molecule has 150 valence electrons. The molecule has 0 unspecified atom stereocenters. The summed E-state index contributed by atoms with van der Waals surface area (Å²) in [5, 5.41) is 0. The van der Waals surface area contributed by atoms with Gasteiger partial charge in [0.2, 0.25) is 10.0 Å². The SMILES string of the molecule is CN(Cc1ccccc1N1CCCCC1)C(=O)c1cccc(NS(C)(=O)=O)c1. The number of carbonyl (C=O) groups excluding carboxylic acids is 1. The van der Waals surface area contributed by atoms with Crippen molar-refractivity contribution in [3.63, 3.8) is 0 Å². The Balaban J connectivity index is 1.76. The van der Waals surface area contributed by atoms with E-state index in [9.17, 15) is 13.2 Å². The molecule has 1 fully saturated rings. The highest BCUT2D eigenvalue weighted by atomic mass is 32.2. The van der Waals surface area contributed by atoms with E-state index in [1.165, 1.54) is 24.9 Å². The monoisotopic (exact) mass is 401 g/mol. The molecule has 2 aromatic carbocycles. The molecule has 0 aliphatic carbocycles. The molecule has 0 radical (unpaired) electrons. The Bertz CT molecular complexity index is 937. The van der Waals surface area contributed by atoms with Gasteiger partial charge in [0.05, 0.1) is 6.26 Å². The number of nitrogens with zero attached hydrogens (tertiary/aromatic N) is 2. The molecule has 1 aliphatic rings. The van der Waals surface area contributed by atoms with Crippen LogP contribution in [-0.2, 0) is 16.6 Å². The van der Waals surface area contributed by atoms with Crippen molar-refractivity contribution in [2.45, 2.75) is 25.8 Å². The minimum absolute atomic E-state index is 0.148. The van der Waals surface area contributed by atoms with Gasteiger partial charge in [-0.25, -0.2) is 8.42 Å². The lowest BCUT2D eigenvalue weighted by Gasteiger charge is -2.31. The van der Waals surface area contributed by atoms with Crippen LogP contribution in [0.15, 0.2) is 48.5 Å². The maximum Gasteiger partial charge on any atom is 0.253 e. The second-order valence-corrected chi connectivity index (χ2v) is 9.04. The summed E-state index contributed by atoms with van der Waals surface area (Å²) < 4.78 is 25.3. The normalized spacial score (nSPS) is 14.6. The van der Waals surface area contributed by atoms with Crippen LogP contribution >= 0.6 is 0 Å². The van der Waals surface area contributed by atoms with Crippen LogP contribution in [0.5, 0.6) is 0 Å². The van der Waals surface area contributed by atoms with E-state index in [1.807, 2.05) is 12.1 Å². The summed E-state index contributed by atoms with van der Waals surface area (Å²) in [6, 6.07) is 14.8. The quantitative estimate of drug-likeness (QED) is 0.806. The molecule has 0 saturated carbocycles. The number of sulfonamides is 1. The lowest BCUT2D eigenvalue weighted by Crippen LogP contribution is -2.32. The lowest BCUT2D eigenvalue weighted by molar-refractivity contribution is 0.0785. The third-order valence-electron chi connectivity index (χ3n) is 4.86. The Morgan fingerprint density at radius 1 is 1.07 bits per heavy atom. The lowest BCUT2D eigenvalue weighted by atomic mass is 10.1. The molecular formula is C21H27N3O3S. The van der Waals surface area contributed by atoms with Gasteiger partial charge in [0, 0.05) is 43.6 Å². The summed E-state index contributed by atoms with van der Waals surface area (Å²) in [4.78, 5) is 17.0. The maximum atomic E-state index is 12.9. The van der Waals surface area contributed by atoms with Crippen LogP contribution in [0.4, 0.5) is 11.4 Å². The van der Waals surface area contributed by atoms with E-state index in [1.54, 1.807) is 36.2 Å². The highest BCUT2D eigenvalue weighted by molar-refractivity contribution is 7.92. The number of benzene rings is 2. The molecule has 0 bridgehead atoms. The number of carbonyl (C=O) groups is 1. The number of piperidine rings is 1. The van der Waals surface area contributed by atoms with Crippen molar-refractivity contribution in [1.82, 2.24) is 4.90 Å². The fourth-order valence-electron chi connectivity index (χ4n) is 3.57. The van der Waals surface area contributed by atoms with Crippen LogP contribution in [0.25, 0.3) is 0 Å². The minimum atomic E-state index is -3.39.